The molecular formula is C13H19N5. The van der Waals surface area contributed by atoms with E-state index in [0.29, 0.717) is 6.04 Å². The predicted molar refractivity (Wildman–Crippen MR) is 71.9 cm³/mol. The van der Waals surface area contributed by atoms with Crippen molar-refractivity contribution in [1.29, 1.82) is 0 Å². The van der Waals surface area contributed by atoms with Crippen molar-refractivity contribution in [2.45, 2.75) is 25.8 Å². The summed E-state index contributed by atoms with van der Waals surface area (Å²) >= 11 is 0. The van der Waals surface area contributed by atoms with Crippen molar-refractivity contribution < 1.29 is 0 Å². The zero-order chi connectivity index (χ0) is 12.4. The third-order valence-electron chi connectivity index (χ3n) is 3.48. The van der Waals surface area contributed by atoms with Crippen LogP contribution >= 0.6 is 0 Å². The van der Waals surface area contributed by atoms with E-state index in [1.165, 1.54) is 6.42 Å². The van der Waals surface area contributed by atoms with Crippen molar-refractivity contribution in [3.8, 4) is 0 Å². The van der Waals surface area contributed by atoms with Crippen LogP contribution in [0.3, 0.4) is 0 Å². The van der Waals surface area contributed by atoms with E-state index in [0.717, 1.165) is 37.5 Å². The number of hydrogen-bond donors (Lipinski definition) is 1. The fraction of sp³-hybridized carbons (Fsp3) is 0.538. The fourth-order valence-corrected chi connectivity index (χ4v) is 2.59. The van der Waals surface area contributed by atoms with Gasteiger partial charge in [0.2, 0.25) is 0 Å². The molecule has 0 amide bonds. The maximum atomic E-state index is 4.70. The predicted octanol–water partition coefficient (Wildman–Crippen LogP) is 1.31. The van der Waals surface area contributed by atoms with Gasteiger partial charge < -0.3 is 10.2 Å². The van der Waals surface area contributed by atoms with Gasteiger partial charge in [-0.3, -0.25) is 0 Å². The van der Waals surface area contributed by atoms with Crippen LogP contribution in [0.15, 0.2) is 24.5 Å². The highest BCUT2D eigenvalue weighted by Crippen LogP contribution is 2.19. The third kappa shape index (κ3) is 2.06. The molecule has 3 heterocycles. The lowest BCUT2D eigenvalue weighted by Crippen LogP contribution is -2.38. The molecule has 18 heavy (non-hydrogen) atoms. The van der Waals surface area contributed by atoms with Crippen LogP contribution in [-0.4, -0.2) is 40.3 Å². The summed E-state index contributed by atoms with van der Waals surface area (Å²) in [6.07, 6.45) is 6.12. The zero-order valence-electron chi connectivity index (χ0n) is 10.7. The number of hydrogen-bond acceptors (Lipinski definition) is 4. The lowest BCUT2D eigenvalue weighted by molar-refractivity contribution is 0.618. The van der Waals surface area contributed by atoms with E-state index in [1.54, 1.807) is 10.7 Å². The van der Waals surface area contributed by atoms with Crippen LogP contribution in [0.25, 0.3) is 5.65 Å². The highest BCUT2D eigenvalue weighted by atomic mass is 15.3. The summed E-state index contributed by atoms with van der Waals surface area (Å²) in [7, 11) is 0. The molecule has 1 aliphatic heterocycles. The van der Waals surface area contributed by atoms with E-state index < -0.39 is 0 Å². The molecule has 1 unspecified atom stereocenters. The molecule has 0 spiro atoms. The first-order valence-corrected chi connectivity index (χ1v) is 6.66. The maximum Gasteiger partial charge on any atom is 0.157 e. The first-order chi connectivity index (χ1) is 8.88. The van der Waals surface area contributed by atoms with Gasteiger partial charge in [0.25, 0.3) is 0 Å². The maximum absolute atomic E-state index is 4.70. The summed E-state index contributed by atoms with van der Waals surface area (Å²) in [6, 6.07) is 4.58. The molecule has 3 rings (SSSR count). The Balaban J connectivity index is 1.92. The van der Waals surface area contributed by atoms with Gasteiger partial charge in [-0.2, -0.15) is 5.10 Å². The van der Waals surface area contributed by atoms with E-state index >= 15 is 0 Å². The number of rotatable bonds is 4. The Morgan fingerprint density at radius 3 is 3.22 bits per heavy atom. The Morgan fingerprint density at radius 2 is 2.44 bits per heavy atom. The SMILES string of the molecule is CCCN(c1ccn2nccc2n1)C1CCNC1. The van der Waals surface area contributed by atoms with Crippen molar-refractivity contribution in [1.82, 2.24) is 19.9 Å². The average molecular weight is 245 g/mol. The van der Waals surface area contributed by atoms with Crippen molar-refractivity contribution in [3.63, 3.8) is 0 Å². The summed E-state index contributed by atoms with van der Waals surface area (Å²) in [5.41, 5.74) is 0.916. The van der Waals surface area contributed by atoms with E-state index in [2.05, 4.69) is 28.3 Å². The zero-order valence-corrected chi connectivity index (χ0v) is 10.7. The van der Waals surface area contributed by atoms with Gasteiger partial charge in [-0.15, -0.1) is 0 Å². The third-order valence-corrected chi connectivity index (χ3v) is 3.48. The molecule has 2 aromatic heterocycles. The molecule has 1 atom stereocenters. The number of anilines is 1. The Labute approximate surface area is 107 Å². The average Bonchev–Trinajstić information content (AvgIpc) is 3.05. The first kappa shape index (κ1) is 11.5. The van der Waals surface area contributed by atoms with Crippen molar-refractivity contribution in [2.24, 2.45) is 0 Å². The van der Waals surface area contributed by atoms with Crippen molar-refractivity contribution in [3.05, 3.63) is 24.5 Å². The minimum absolute atomic E-state index is 0.572. The van der Waals surface area contributed by atoms with E-state index in [4.69, 9.17) is 4.98 Å². The van der Waals surface area contributed by atoms with Gasteiger partial charge in [0.1, 0.15) is 5.82 Å². The molecule has 0 aliphatic carbocycles. The van der Waals surface area contributed by atoms with Crippen LogP contribution in [-0.2, 0) is 0 Å². The number of nitrogens with one attached hydrogen (secondary N) is 1. The second kappa shape index (κ2) is 4.94. The van der Waals surface area contributed by atoms with Gasteiger partial charge in [-0.1, -0.05) is 6.92 Å². The minimum Gasteiger partial charge on any atom is -0.352 e. The van der Waals surface area contributed by atoms with Gasteiger partial charge in [0.15, 0.2) is 5.65 Å². The number of nitrogens with zero attached hydrogens (tertiary/aromatic N) is 4. The fourth-order valence-electron chi connectivity index (χ4n) is 2.59. The summed E-state index contributed by atoms with van der Waals surface area (Å²) in [5, 5.41) is 7.61. The van der Waals surface area contributed by atoms with Gasteiger partial charge in [0.05, 0.1) is 6.20 Å². The largest absolute Gasteiger partial charge is 0.352 e. The molecular weight excluding hydrogens is 226 g/mol. The molecule has 5 heteroatoms. The molecule has 1 saturated heterocycles. The van der Waals surface area contributed by atoms with Crippen molar-refractivity contribution >= 4 is 11.5 Å². The molecule has 0 aromatic carbocycles. The second-order valence-corrected chi connectivity index (χ2v) is 4.76. The van der Waals surface area contributed by atoms with Crippen LogP contribution in [0.1, 0.15) is 19.8 Å². The summed E-state index contributed by atoms with van der Waals surface area (Å²) in [5.74, 6) is 1.07. The van der Waals surface area contributed by atoms with E-state index in [1.807, 2.05) is 12.3 Å². The molecule has 1 fully saturated rings. The van der Waals surface area contributed by atoms with E-state index in [9.17, 15) is 0 Å². The smallest absolute Gasteiger partial charge is 0.157 e. The molecule has 0 saturated carbocycles. The highest BCUT2D eigenvalue weighted by Gasteiger charge is 2.22. The standard InChI is InChI=1S/C13H19N5/c1-2-8-17(11-3-6-14-10-11)12-5-9-18-13(16-12)4-7-15-18/h4-5,7,9,11,14H,2-3,6,8,10H2,1H3. The number of aromatic nitrogens is 3. The Bertz CT molecular complexity index is 515. The normalized spacial score (nSPS) is 19.5. The Morgan fingerprint density at radius 1 is 1.50 bits per heavy atom. The van der Waals surface area contributed by atoms with E-state index in [-0.39, 0.29) is 0 Å². The molecule has 2 aromatic rings. The van der Waals surface area contributed by atoms with Crippen LogP contribution in [0.2, 0.25) is 0 Å². The highest BCUT2D eigenvalue weighted by molar-refractivity contribution is 5.48. The van der Waals surface area contributed by atoms with Gasteiger partial charge in [0, 0.05) is 31.4 Å². The lowest BCUT2D eigenvalue weighted by Gasteiger charge is -2.29. The Kier molecular flexibility index (Phi) is 3.15. The molecule has 1 N–H and O–H groups in total. The van der Waals surface area contributed by atoms with Crippen LogP contribution in [0, 0.1) is 0 Å². The van der Waals surface area contributed by atoms with Crippen LogP contribution in [0.5, 0.6) is 0 Å². The molecule has 1 aliphatic rings. The lowest BCUT2D eigenvalue weighted by atomic mass is 10.2. The summed E-state index contributed by atoms with van der Waals surface area (Å²) < 4.78 is 1.81. The Hall–Kier alpha value is -1.62. The number of fused-ring (bicyclic) bond motifs is 1. The molecule has 96 valence electrons. The van der Waals surface area contributed by atoms with Crippen molar-refractivity contribution in [2.75, 3.05) is 24.5 Å². The molecule has 0 radical (unpaired) electrons. The quantitative estimate of drug-likeness (QED) is 0.882. The summed E-state index contributed by atoms with van der Waals surface area (Å²) in [4.78, 5) is 7.12. The minimum atomic E-state index is 0.572. The monoisotopic (exact) mass is 245 g/mol. The van der Waals surface area contributed by atoms with Crippen LogP contribution < -0.4 is 10.2 Å². The topological polar surface area (TPSA) is 45.5 Å². The van der Waals surface area contributed by atoms with Gasteiger partial charge >= 0.3 is 0 Å². The van der Waals surface area contributed by atoms with Gasteiger partial charge in [-0.25, -0.2) is 9.50 Å². The first-order valence-electron chi connectivity index (χ1n) is 6.66. The van der Waals surface area contributed by atoms with Gasteiger partial charge in [-0.05, 0) is 25.5 Å². The molecule has 0 bridgehead atoms. The summed E-state index contributed by atoms with van der Waals surface area (Å²) in [6.45, 7) is 5.45. The molecule has 5 nitrogen and oxygen atoms in total. The second-order valence-electron chi connectivity index (χ2n) is 4.76. The van der Waals surface area contributed by atoms with Crippen LogP contribution in [0.4, 0.5) is 5.82 Å².